The third-order valence-corrected chi connectivity index (χ3v) is 1.52. The SMILES string of the molecule is C=CC.C=CCCCC.C=CCCCC. The minimum Gasteiger partial charge on any atom is -0.103 e. The summed E-state index contributed by atoms with van der Waals surface area (Å²) in [5.41, 5.74) is 0. The van der Waals surface area contributed by atoms with Crippen LogP contribution >= 0.6 is 0 Å². The summed E-state index contributed by atoms with van der Waals surface area (Å²) in [5.74, 6) is 0. The van der Waals surface area contributed by atoms with E-state index in [1.54, 1.807) is 6.08 Å². The van der Waals surface area contributed by atoms with Crippen molar-refractivity contribution in [2.75, 3.05) is 0 Å². The van der Waals surface area contributed by atoms with E-state index in [1.165, 1.54) is 38.5 Å². The molecule has 0 saturated carbocycles. The Hall–Kier alpha value is -0.780. The van der Waals surface area contributed by atoms with E-state index in [9.17, 15) is 0 Å². The number of rotatable bonds is 6. The van der Waals surface area contributed by atoms with Gasteiger partial charge in [-0.25, -0.2) is 0 Å². The molecular formula is C15H30. The van der Waals surface area contributed by atoms with Crippen molar-refractivity contribution in [3.05, 3.63) is 38.0 Å². The van der Waals surface area contributed by atoms with E-state index >= 15 is 0 Å². The van der Waals surface area contributed by atoms with Crippen LogP contribution in [-0.2, 0) is 0 Å². The molecule has 0 nitrogen and oxygen atoms in total. The van der Waals surface area contributed by atoms with Crippen LogP contribution in [0.1, 0.15) is 59.3 Å². The summed E-state index contributed by atoms with van der Waals surface area (Å²) in [4.78, 5) is 0. The summed E-state index contributed by atoms with van der Waals surface area (Å²) in [6.45, 7) is 16.8. The molecule has 0 bridgehead atoms. The predicted octanol–water partition coefficient (Wildman–Crippen LogP) is 5.92. The molecule has 0 aliphatic carbocycles. The summed E-state index contributed by atoms with van der Waals surface area (Å²) in [6, 6.07) is 0. The van der Waals surface area contributed by atoms with Gasteiger partial charge in [-0.1, -0.05) is 57.8 Å². The van der Waals surface area contributed by atoms with Gasteiger partial charge in [0.1, 0.15) is 0 Å². The molecule has 0 unspecified atom stereocenters. The molecule has 0 amide bonds. The van der Waals surface area contributed by atoms with Gasteiger partial charge in [0.05, 0.1) is 0 Å². The maximum absolute atomic E-state index is 3.60. The molecule has 0 aliphatic heterocycles. The lowest BCUT2D eigenvalue weighted by molar-refractivity contribution is 0.816. The highest BCUT2D eigenvalue weighted by atomic mass is 13.8. The first-order valence-corrected chi connectivity index (χ1v) is 6.03. The second-order valence-electron chi connectivity index (χ2n) is 3.27. The summed E-state index contributed by atoms with van der Waals surface area (Å²) >= 11 is 0. The van der Waals surface area contributed by atoms with Crippen LogP contribution in [0.25, 0.3) is 0 Å². The fourth-order valence-corrected chi connectivity index (χ4v) is 0.697. The first-order valence-electron chi connectivity index (χ1n) is 6.03. The summed E-state index contributed by atoms with van der Waals surface area (Å²) in [7, 11) is 0. The van der Waals surface area contributed by atoms with Crippen molar-refractivity contribution in [1.82, 2.24) is 0 Å². The Morgan fingerprint density at radius 2 is 1.07 bits per heavy atom. The minimum atomic E-state index is 1.18. The summed E-state index contributed by atoms with van der Waals surface area (Å²) in [6.07, 6.45) is 13.2. The van der Waals surface area contributed by atoms with Crippen LogP contribution in [0.15, 0.2) is 38.0 Å². The van der Waals surface area contributed by atoms with E-state index in [-0.39, 0.29) is 0 Å². The monoisotopic (exact) mass is 210 g/mol. The lowest BCUT2D eigenvalue weighted by Gasteiger charge is -1.81. The van der Waals surface area contributed by atoms with Gasteiger partial charge in [-0.2, -0.15) is 0 Å². The average molecular weight is 210 g/mol. The van der Waals surface area contributed by atoms with Crippen molar-refractivity contribution in [3.8, 4) is 0 Å². The number of hydrogen-bond acceptors (Lipinski definition) is 0. The van der Waals surface area contributed by atoms with Crippen molar-refractivity contribution < 1.29 is 0 Å². The molecule has 0 aromatic heterocycles. The number of unbranched alkanes of at least 4 members (excludes halogenated alkanes) is 4. The molecule has 0 heterocycles. The Bertz CT molecular complexity index is 99.2. The van der Waals surface area contributed by atoms with E-state index < -0.39 is 0 Å². The standard InChI is InChI=1S/2C6H12.C3H6/c2*1-3-5-6-4-2;1-3-2/h2*3H,1,4-6H2,2H3;3H,1H2,2H3. The van der Waals surface area contributed by atoms with Crippen LogP contribution in [0.2, 0.25) is 0 Å². The van der Waals surface area contributed by atoms with Crippen molar-refractivity contribution in [3.63, 3.8) is 0 Å². The molecule has 0 atom stereocenters. The van der Waals surface area contributed by atoms with Crippen LogP contribution < -0.4 is 0 Å². The van der Waals surface area contributed by atoms with Gasteiger partial charge in [0.15, 0.2) is 0 Å². The largest absolute Gasteiger partial charge is 0.103 e. The van der Waals surface area contributed by atoms with E-state index in [1.807, 2.05) is 19.1 Å². The highest BCUT2D eigenvalue weighted by Gasteiger charge is 1.71. The van der Waals surface area contributed by atoms with Crippen LogP contribution in [0.4, 0.5) is 0 Å². The molecule has 90 valence electrons. The van der Waals surface area contributed by atoms with Crippen molar-refractivity contribution in [1.29, 1.82) is 0 Å². The zero-order valence-electron chi connectivity index (χ0n) is 11.1. The minimum absolute atomic E-state index is 1.18. The highest BCUT2D eigenvalue weighted by Crippen LogP contribution is 1.91. The molecule has 0 aliphatic rings. The topological polar surface area (TPSA) is 0 Å². The Morgan fingerprint density at radius 3 is 1.13 bits per heavy atom. The van der Waals surface area contributed by atoms with Crippen molar-refractivity contribution in [2.24, 2.45) is 0 Å². The van der Waals surface area contributed by atoms with E-state index in [0.29, 0.717) is 0 Å². The molecule has 15 heavy (non-hydrogen) atoms. The van der Waals surface area contributed by atoms with Crippen LogP contribution in [0.3, 0.4) is 0 Å². The first kappa shape index (κ1) is 19.7. The van der Waals surface area contributed by atoms with Gasteiger partial charge in [-0.15, -0.1) is 19.7 Å². The lowest BCUT2D eigenvalue weighted by atomic mass is 10.3. The van der Waals surface area contributed by atoms with Crippen LogP contribution in [0, 0.1) is 0 Å². The Balaban J connectivity index is -0.000000153. The summed E-state index contributed by atoms with van der Waals surface area (Å²) in [5, 5.41) is 0. The Morgan fingerprint density at radius 1 is 0.800 bits per heavy atom. The average Bonchev–Trinajstić information content (AvgIpc) is 2.25. The van der Waals surface area contributed by atoms with E-state index in [4.69, 9.17) is 0 Å². The van der Waals surface area contributed by atoms with Gasteiger partial charge < -0.3 is 0 Å². The summed E-state index contributed by atoms with van der Waals surface area (Å²) < 4.78 is 0. The zero-order chi connectivity index (χ0) is 12.4. The molecule has 0 heteroatoms. The fraction of sp³-hybridized carbons (Fsp3) is 0.600. The second kappa shape index (κ2) is 29.2. The maximum Gasteiger partial charge on any atom is -0.0354 e. The smallest absolute Gasteiger partial charge is 0.0354 e. The van der Waals surface area contributed by atoms with Gasteiger partial charge >= 0.3 is 0 Å². The lowest BCUT2D eigenvalue weighted by Crippen LogP contribution is -1.61. The molecule has 0 spiro atoms. The Labute approximate surface area is 97.8 Å². The zero-order valence-corrected chi connectivity index (χ0v) is 11.1. The number of hydrogen-bond donors (Lipinski definition) is 0. The number of allylic oxidation sites excluding steroid dienone is 3. The molecule has 0 fully saturated rings. The third kappa shape index (κ3) is 61.1. The van der Waals surface area contributed by atoms with Crippen molar-refractivity contribution in [2.45, 2.75) is 59.3 Å². The van der Waals surface area contributed by atoms with Gasteiger partial charge in [0.2, 0.25) is 0 Å². The van der Waals surface area contributed by atoms with Gasteiger partial charge in [0, 0.05) is 0 Å². The first-order chi connectivity index (χ1) is 7.24. The van der Waals surface area contributed by atoms with E-state index in [2.05, 4.69) is 33.6 Å². The third-order valence-electron chi connectivity index (χ3n) is 1.52. The van der Waals surface area contributed by atoms with E-state index in [0.717, 1.165) is 0 Å². The van der Waals surface area contributed by atoms with Crippen LogP contribution in [0.5, 0.6) is 0 Å². The maximum atomic E-state index is 3.60. The molecular weight excluding hydrogens is 180 g/mol. The van der Waals surface area contributed by atoms with Gasteiger partial charge in [0.25, 0.3) is 0 Å². The Kier molecular flexibility index (Phi) is 38.5. The fourth-order valence-electron chi connectivity index (χ4n) is 0.697. The van der Waals surface area contributed by atoms with Gasteiger partial charge in [-0.05, 0) is 19.8 Å². The predicted molar refractivity (Wildman–Crippen MR) is 75.3 cm³/mol. The molecule has 0 aromatic rings. The highest BCUT2D eigenvalue weighted by molar-refractivity contribution is 4.64. The quantitative estimate of drug-likeness (QED) is 0.377. The van der Waals surface area contributed by atoms with Crippen molar-refractivity contribution >= 4 is 0 Å². The molecule has 0 N–H and O–H groups in total. The molecule has 0 rings (SSSR count). The second-order valence-corrected chi connectivity index (χ2v) is 3.27. The van der Waals surface area contributed by atoms with Crippen LogP contribution in [-0.4, -0.2) is 0 Å². The molecule has 0 aromatic carbocycles. The molecule has 0 saturated heterocycles. The normalized spacial score (nSPS) is 7.40. The molecule has 0 radical (unpaired) electrons. The van der Waals surface area contributed by atoms with Gasteiger partial charge in [-0.3, -0.25) is 0 Å².